The van der Waals surface area contributed by atoms with Crippen molar-refractivity contribution in [3.63, 3.8) is 0 Å². The van der Waals surface area contributed by atoms with E-state index in [1.807, 2.05) is 53.1 Å². The molecule has 3 rings (SSSR count). The van der Waals surface area contributed by atoms with Crippen molar-refractivity contribution in [3.05, 3.63) is 59.1 Å². The molecule has 0 aliphatic rings. The summed E-state index contributed by atoms with van der Waals surface area (Å²) in [6.07, 6.45) is 0. The van der Waals surface area contributed by atoms with E-state index in [9.17, 15) is 0 Å². The van der Waals surface area contributed by atoms with E-state index >= 15 is 0 Å². The first kappa shape index (κ1) is 12.0. The Labute approximate surface area is 115 Å². The first-order valence-electron chi connectivity index (χ1n) is 5.95. The van der Waals surface area contributed by atoms with Crippen molar-refractivity contribution in [1.29, 1.82) is 0 Å². The maximum atomic E-state index is 6.20. The minimum absolute atomic E-state index is 0.625. The highest BCUT2D eigenvalue weighted by Crippen LogP contribution is 2.23. The molecule has 0 spiro atoms. The van der Waals surface area contributed by atoms with Gasteiger partial charge in [0, 0.05) is 5.02 Å². The van der Waals surface area contributed by atoms with Crippen LogP contribution in [-0.4, -0.2) is 9.55 Å². The fourth-order valence-electron chi connectivity index (χ4n) is 2.14. The summed E-state index contributed by atoms with van der Waals surface area (Å²) in [5, 5.41) is 0.739. The van der Waals surface area contributed by atoms with E-state index < -0.39 is 0 Å². The van der Waals surface area contributed by atoms with Crippen molar-refractivity contribution >= 4 is 28.6 Å². The summed E-state index contributed by atoms with van der Waals surface area (Å²) >= 11 is 6.20. The van der Waals surface area contributed by atoms with Crippen molar-refractivity contribution in [2.24, 2.45) is 5.84 Å². The third-order valence-corrected chi connectivity index (χ3v) is 3.44. The molecule has 3 N–H and O–H groups in total. The van der Waals surface area contributed by atoms with Gasteiger partial charge in [0.2, 0.25) is 5.95 Å². The Kier molecular flexibility index (Phi) is 3.11. The molecule has 1 heterocycles. The highest BCUT2D eigenvalue weighted by atomic mass is 35.5. The number of hydrazine groups is 1. The molecule has 3 aromatic rings. The summed E-state index contributed by atoms with van der Waals surface area (Å²) in [6.45, 7) is 0.625. The van der Waals surface area contributed by atoms with Gasteiger partial charge in [-0.2, -0.15) is 0 Å². The van der Waals surface area contributed by atoms with Gasteiger partial charge in [-0.05, 0) is 23.8 Å². The van der Waals surface area contributed by atoms with Gasteiger partial charge in [-0.1, -0.05) is 41.9 Å². The van der Waals surface area contributed by atoms with Crippen molar-refractivity contribution in [1.82, 2.24) is 9.55 Å². The molecule has 96 valence electrons. The highest BCUT2D eigenvalue weighted by molar-refractivity contribution is 6.31. The Morgan fingerprint density at radius 2 is 1.84 bits per heavy atom. The first-order valence-corrected chi connectivity index (χ1v) is 6.32. The zero-order chi connectivity index (χ0) is 13.2. The fraction of sp³-hybridized carbons (Fsp3) is 0.0714. The summed E-state index contributed by atoms with van der Waals surface area (Å²) in [6, 6.07) is 15.7. The molecule has 0 atom stereocenters. The third kappa shape index (κ3) is 2.16. The van der Waals surface area contributed by atoms with E-state index in [1.54, 1.807) is 0 Å². The molecule has 19 heavy (non-hydrogen) atoms. The smallest absolute Gasteiger partial charge is 0.218 e. The number of benzene rings is 2. The quantitative estimate of drug-likeness (QED) is 0.569. The number of nitrogens with one attached hydrogen (secondary N) is 1. The second kappa shape index (κ2) is 4.91. The van der Waals surface area contributed by atoms with Gasteiger partial charge < -0.3 is 4.57 Å². The van der Waals surface area contributed by atoms with Crippen LogP contribution in [0.15, 0.2) is 48.5 Å². The van der Waals surface area contributed by atoms with E-state index in [0.29, 0.717) is 12.5 Å². The first-order chi connectivity index (χ1) is 9.29. The second-order valence-electron chi connectivity index (χ2n) is 4.25. The molecule has 4 nitrogen and oxygen atoms in total. The average Bonchev–Trinajstić information content (AvgIpc) is 2.79. The number of aromatic nitrogens is 2. The number of nitrogens with zero attached hydrogens (tertiary/aromatic N) is 2. The van der Waals surface area contributed by atoms with Crippen LogP contribution in [0.1, 0.15) is 5.56 Å². The monoisotopic (exact) mass is 272 g/mol. The lowest BCUT2D eigenvalue weighted by Crippen LogP contribution is -2.13. The minimum Gasteiger partial charge on any atom is -0.305 e. The largest absolute Gasteiger partial charge is 0.305 e. The lowest BCUT2D eigenvalue weighted by molar-refractivity contribution is 0.827. The van der Waals surface area contributed by atoms with Gasteiger partial charge in [0.05, 0.1) is 17.6 Å². The molecule has 2 aromatic carbocycles. The van der Waals surface area contributed by atoms with E-state index in [0.717, 1.165) is 21.6 Å². The lowest BCUT2D eigenvalue weighted by atomic mass is 10.2. The van der Waals surface area contributed by atoms with Crippen molar-refractivity contribution in [2.45, 2.75) is 6.54 Å². The molecule has 0 saturated carbocycles. The number of para-hydroxylation sites is 2. The number of halogens is 1. The third-order valence-electron chi connectivity index (χ3n) is 3.07. The Hall–Kier alpha value is -2.04. The number of imidazole rings is 1. The van der Waals surface area contributed by atoms with Gasteiger partial charge in [0.25, 0.3) is 0 Å². The van der Waals surface area contributed by atoms with Crippen LogP contribution in [0, 0.1) is 0 Å². The molecule has 0 amide bonds. The van der Waals surface area contributed by atoms with Gasteiger partial charge in [0.15, 0.2) is 0 Å². The number of rotatable bonds is 3. The molecule has 0 bridgehead atoms. The van der Waals surface area contributed by atoms with Crippen molar-refractivity contribution in [3.8, 4) is 0 Å². The van der Waals surface area contributed by atoms with Crippen molar-refractivity contribution < 1.29 is 0 Å². The van der Waals surface area contributed by atoms with Crippen molar-refractivity contribution in [2.75, 3.05) is 5.43 Å². The van der Waals surface area contributed by atoms with Crippen LogP contribution in [0.2, 0.25) is 5.02 Å². The van der Waals surface area contributed by atoms with E-state index in [1.165, 1.54) is 0 Å². The summed E-state index contributed by atoms with van der Waals surface area (Å²) in [5.74, 6) is 6.17. The van der Waals surface area contributed by atoms with Crippen LogP contribution >= 0.6 is 11.6 Å². The Bertz CT molecular complexity index is 720. The minimum atomic E-state index is 0.625. The predicted molar refractivity (Wildman–Crippen MR) is 78.1 cm³/mol. The maximum Gasteiger partial charge on any atom is 0.218 e. The second-order valence-corrected chi connectivity index (χ2v) is 4.65. The van der Waals surface area contributed by atoms with Crippen LogP contribution in [0.5, 0.6) is 0 Å². The summed E-state index contributed by atoms with van der Waals surface area (Å²) in [4.78, 5) is 4.44. The molecule has 1 aromatic heterocycles. The van der Waals surface area contributed by atoms with Crippen LogP contribution in [0.3, 0.4) is 0 Å². The Morgan fingerprint density at radius 3 is 2.63 bits per heavy atom. The van der Waals surface area contributed by atoms with Gasteiger partial charge >= 0.3 is 0 Å². The Morgan fingerprint density at radius 1 is 1.11 bits per heavy atom. The normalized spacial score (nSPS) is 10.8. The topological polar surface area (TPSA) is 55.9 Å². The molecule has 0 radical (unpaired) electrons. The summed E-state index contributed by atoms with van der Waals surface area (Å²) in [7, 11) is 0. The van der Waals surface area contributed by atoms with Gasteiger partial charge in [-0.25, -0.2) is 10.8 Å². The fourth-order valence-corrected chi connectivity index (χ4v) is 2.34. The molecule has 0 unspecified atom stereocenters. The maximum absolute atomic E-state index is 6.20. The molecule has 0 fully saturated rings. The molecule has 0 saturated heterocycles. The number of hydrogen-bond donors (Lipinski definition) is 2. The summed E-state index contributed by atoms with van der Waals surface area (Å²) in [5.41, 5.74) is 5.59. The van der Waals surface area contributed by atoms with E-state index in [4.69, 9.17) is 17.4 Å². The van der Waals surface area contributed by atoms with Crippen LogP contribution in [0.4, 0.5) is 5.95 Å². The number of fused-ring (bicyclic) bond motifs is 1. The predicted octanol–water partition coefficient (Wildman–Crippen LogP) is 3.02. The lowest BCUT2D eigenvalue weighted by Gasteiger charge is -2.09. The van der Waals surface area contributed by atoms with Crippen LogP contribution < -0.4 is 11.3 Å². The van der Waals surface area contributed by atoms with E-state index in [-0.39, 0.29) is 0 Å². The zero-order valence-corrected chi connectivity index (χ0v) is 10.9. The van der Waals surface area contributed by atoms with E-state index in [2.05, 4.69) is 10.4 Å². The molecule has 0 aliphatic heterocycles. The Balaban J connectivity index is 2.12. The number of nitrogen functional groups attached to an aromatic ring is 1. The average molecular weight is 273 g/mol. The molecule has 5 heteroatoms. The van der Waals surface area contributed by atoms with Gasteiger partial charge in [0.1, 0.15) is 0 Å². The summed E-state index contributed by atoms with van der Waals surface area (Å²) < 4.78 is 2.01. The molecular formula is C14H13ClN4. The van der Waals surface area contributed by atoms with Gasteiger partial charge in [-0.3, -0.25) is 5.43 Å². The number of hydrogen-bond acceptors (Lipinski definition) is 3. The zero-order valence-electron chi connectivity index (χ0n) is 10.2. The standard InChI is InChI=1S/C14H13ClN4/c15-11-6-2-1-5-10(11)9-19-13-8-4-3-7-12(13)17-14(19)18-16/h1-8H,9,16H2,(H,17,18). The number of anilines is 1. The molecule has 0 aliphatic carbocycles. The molecular weight excluding hydrogens is 260 g/mol. The van der Waals surface area contributed by atoms with Gasteiger partial charge in [-0.15, -0.1) is 0 Å². The number of nitrogens with two attached hydrogens (primary N) is 1. The highest BCUT2D eigenvalue weighted by Gasteiger charge is 2.10. The van der Waals surface area contributed by atoms with Crippen LogP contribution in [0.25, 0.3) is 11.0 Å². The SMILES string of the molecule is NNc1nc2ccccc2n1Cc1ccccc1Cl. The van der Waals surface area contributed by atoms with Crippen LogP contribution in [-0.2, 0) is 6.54 Å².